The summed E-state index contributed by atoms with van der Waals surface area (Å²) in [6.07, 6.45) is 0.924. The molecule has 0 spiro atoms. The van der Waals surface area contributed by atoms with Gasteiger partial charge < -0.3 is 15.4 Å². The van der Waals surface area contributed by atoms with Gasteiger partial charge in [0.2, 0.25) is 5.91 Å². The van der Waals surface area contributed by atoms with Crippen molar-refractivity contribution in [2.45, 2.75) is 20.3 Å². The second kappa shape index (κ2) is 7.04. The van der Waals surface area contributed by atoms with Crippen molar-refractivity contribution in [3.8, 4) is 0 Å². The van der Waals surface area contributed by atoms with E-state index in [1.165, 1.54) is 0 Å². The van der Waals surface area contributed by atoms with Gasteiger partial charge in [-0.15, -0.1) is 12.4 Å². The highest BCUT2D eigenvalue weighted by atomic mass is 35.5. The minimum Gasteiger partial charge on any atom is -0.380 e. The van der Waals surface area contributed by atoms with Crippen LogP contribution in [0.15, 0.2) is 0 Å². The highest BCUT2D eigenvalue weighted by Crippen LogP contribution is 2.24. The van der Waals surface area contributed by atoms with E-state index in [0.717, 1.165) is 19.5 Å². The summed E-state index contributed by atoms with van der Waals surface area (Å²) in [7, 11) is 0. The van der Waals surface area contributed by atoms with Crippen molar-refractivity contribution >= 4 is 18.3 Å². The molecule has 1 fully saturated rings. The van der Waals surface area contributed by atoms with E-state index >= 15 is 0 Å². The third kappa shape index (κ3) is 4.36. The molecule has 90 valence electrons. The molecule has 1 unspecified atom stereocenters. The van der Waals surface area contributed by atoms with Crippen LogP contribution in [-0.4, -0.2) is 38.8 Å². The Kier molecular flexibility index (Phi) is 6.89. The Balaban J connectivity index is 0.00000196. The quantitative estimate of drug-likeness (QED) is 0.686. The number of carbonyl (C=O) groups is 1. The smallest absolute Gasteiger partial charge is 0.227 e. The van der Waals surface area contributed by atoms with E-state index in [-0.39, 0.29) is 23.7 Å². The van der Waals surface area contributed by atoms with E-state index < -0.39 is 0 Å². The average Bonchev–Trinajstić information content (AvgIpc) is 2.61. The number of halogens is 1. The zero-order valence-electron chi connectivity index (χ0n) is 9.47. The molecule has 0 saturated carbocycles. The van der Waals surface area contributed by atoms with Crippen LogP contribution in [0.2, 0.25) is 0 Å². The van der Waals surface area contributed by atoms with Crippen molar-refractivity contribution in [1.29, 1.82) is 0 Å². The van der Waals surface area contributed by atoms with Gasteiger partial charge >= 0.3 is 0 Å². The lowest BCUT2D eigenvalue weighted by atomic mass is 9.89. The van der Waals surface area contributed by atoms with Gasteiger partial charge in [0.25, 0.3) is 0 Å². The van der Waals surface area contributed by atoms with Crippen LogP contribution >= 0.6 is 12.4 Å². The van der Waals surface area contributed by atoms with Crippen molar-refractivity contribution < 1.29 is 9.53 Å². The first-order valence-electron chi connectivity index (χ1n) is 5.26. The number of ether oxygens (including phenoxy) is 1. The van der Waals surface area contributed by atoms with Crippen molar-refractivity contribution in [3.05, 3.63) is 0 Å². The van der Waals surface area contributed by atoms with E-state index in [2.05, 4.69) is 10.6 Å². The zero-order chi connectivity index (χ0) is 10.4. The summed E-state index contributed by atoms with van der Waals surface area (Å²) in [6, 6.07) is 0. The average molecular weight is 237 g/mol. The van der Waals surface area contributed by atoms with Gasteiger partial charge in [0, 0.05) is 19.7 Å². The van der Waals surface area contributed by atoms with E-state index in [0.29, 0.717) is 19.8 Å². The molecule has 1 aliphatic rings. The van der Waals surface area contributed by atoms with Crippen molar-refractivity contribution in [2.75, 3.05) is 32.8 Å². The lowest BCUT2D eigenvalue weighted by molar-refractivity contribution is -0.129. The topological polar surface area (TPSA) is 50.4 Å². The molecule has 1 aliphatic heterocycles. The summed E-state index contributed by atoms with van der Waals surface area (Å²) in [4.78, 5) is 11.7. The maximum Gasteiger partial charge on any atom is 0.227 e. The highest BCUT2D eigenvalue weighted by molar-refractivity contribution is 5.85. The van der Waals surface area contributed by atoms with Crippen LogP contribution in [0.4, 0.5) is 0 Å². The molecule has 1 heterocycles. The molecular weight excluding hydrogens is 216 g/mol. The molecule has 0 aromatic rings. The summed E-state index contributed by atoms with van der Waals surface area (Å²) in [5.74, 6) is 0.141. The Morgan fingerprint density at radius 1 is 1.60 bits per heavy atom. The molecule has 0 aromatic heterocycles. The number of hydrogen-bond donors (Lipinski definition) is 2. The molecule has 1 atom stereocenters. The zero-order valence-corrected chi connectivity index (χ0v) is 10.3. The van der Waals surface area contributed by atoms with E-state index in [1.54, 1.807) is 0 Å². The Hall–Kier alpha value is -0.320. The SMILES string of the molecule is CCOCCNC(=O)C1(C)CCNC1.Cl. The van der Waals surface area contributed by atoms with E-state index in [4.69, 9.17) is 4.74 Å². The monoisotopic (exact) mass is 236 g/mol. The van der Waals surface area contributed by atoms with Crippen LogP contribution in [0, 0.1) is 5.41 Å². The molecular formula is C10H21ClN2O2. The highest BCUT2D eigenvalue weighted by Gasteiger charge is 2.35. The van der Waals surface area contributed by atoms with Crippen molar-refractivity contribution in [3.63, 3.8) is 0 Å². The third-order valence-corrected chi connectivity index (χ3v) is 2.65. The third-order valence-electron chi connectivity index (χ3n) is 2.65. The van der Waals surface area contributed by atoms with Crippen molar-refractivity contribution in [1.82, 2.24) is 10.6 Å². The normalized spacial score (nSPS) is 24.7. The Morgan fingerprint density at radius 2 is 2.33 bits per heavy atom. The fourth-order valence-corrected chi connectivity index (χ4v) is 1.61. The maximum atomic E-state index is 11.7. The maximum absolute atomic E-state index is 11.7. The molecule has 0 bridgehead atoms. The number of amides is 1. The largest absolute Gasteiger partial charge is 0.380 e. The van der Waals surface area contributed by atoms with Crippen LogP contribution in [0.5, 0.6) is 0 Å². The van der Waals surface area contributed by atoms with Crippen LogP contribution < -0.4 is 10.6 Å². The predicted molar refractivity (Wildman–Crippen MR) is 62.3 cm³/mol. The Labute approximate surface area is 97.5 Å². The van der Waals surface area contributed by atoms with Crippen LogP contribution in [0.25, 0.3) is 0 Å². The van der Waals surface area contributed by atoms with Gasteiger partial charge in [-0.3, -0.25) is 4.79 Å². The molecule has 0 radical (unpaired) electrons. The first-order valence-corrected chi connectivity index (χ1v) is 5.26. The molecule has 1 rings (SSSR count). The second-order valence-electron chi connectivity index (χ2n) is 3.94. The summed E-state index contributed by atoms with van der Waals surface area (Å²) in [6.45, 7) is 7.60. The predicted octanol–water partition coefficient (Wildman–Crippen LogP) is 0.560. The van der Waals surface area contributed by atoms with Crippen LogP contribution in [0.3, 0.4) is 0 Å². The first kappa shape index (κ1) is 14.7. The standard InChI is InChI=1S/C10H20N2O2.ClH/c1-3-14-7-6-12-9(13)10(2)4-5-11-8-10;/h11H,3-8H2,1-2H3,(H,12,13);1H. The number of carbonyl (C=O) groups excluding carboxylic acids is 1. The van der Waals surface area contributed by atoms with Gasteiger partial charge in [0.05, 0.1) is 12.0 Å². The summed E-state index contributed by atoms with van der Waals surface area (Å²) in [5, 5.41) is 6.10. The van der Waals surface area contributed by atoms with Gasteiger partial charge in [-0.2, -0.15) is 0 Å². The molecule has 2 N–H and O–H groups in total. The van der Waals surface area contributed by atoms with E-state index in [9.17, 15) is 4.79 Å². The van der Waals surface area contributed by atoms with Crippen molar-refractivity contribution in [2.24, 2.45) is 5.41 Å². The molecule has 0 aromatic carbocycles. The fourth-order valence-electron chi connectivity index (χ4n) is 1.61. The van der Waals surface area contributed by atoms with Gasteiger partial charge in [-0.1, -0.05) is 0 Å². The fraction of sp³-hybridized carbons (Fsp3) is 0.900. The lowest BCUT2D eigenvalue weighted by Gasteiger charge is -2.21. The van der Waals surface area contributed by atoms with Crippen LogP contribution in [-0.2, 0) is 9.53 Å². The van der Waals surface area contributed by atoms with Gasteiger partial charge in [0.15, 0.2) is 0 Å². The second-order valence-corrected chi connectivity index (χ2v) is 3.94. The summed E-state index contributed by atoms with van der Waals surface area (Å²) < 4.78 is 5.15. The minimum absolute atomic E-state index is 0. The molecule has 5 heteroatoms. The summed E-state index contributed by atoms with van der Waals surface area (Å²) >= 11 is 0. The molecule has 1 saturated heterocycles. The molecule has 15 heavy (non-hydrogen) atoms. The molecule has 1 amide bonds. The van der Waals surface area contributed by atoms with Crippen LogP contribution in [0.1, 0.15) is 20.3 Å². The number of hydrogen-bond acceptors (Lipinski definition) is 3. The number of rotatable bonds is 5. The number of nitrogens with one attached hydrogen (secondary N) is 2. The Morgan fingerprint density at radius 3 is 2.87 bits per heavy atom. The van der Waals surface area contributed by atoms with Gasteiger partial charge in [-0.05, 0) is 26.8 Å². The van der Waals surface area contributed by atoms with Gasteiger partial charge in [-0.25, -0.2) is 0 Å². The Bertz CT molecular complexity index is 194. The van der Waals surface area contributed by atoms with E-state index in [1.807, 2.05) is 13.8 Å². The molecule has 0 aliphatic carbocycles. The molecule has 4 nitrogen and oxygen atoms in total. The minimum atomic E-state index is -0.216. The first-order chi connectivity index (χ1) is 6.69. The lowest BCUT2D eigenvalue weighted by Crippen LogP contribution is -2.41. The summed E-state index contributed by atoms with van der Waals surface area (Å²) in [5.41, 5.74) is -0.216. The van der Waals surface area contributed by atoms with Gasteiger partial charge in [0.1, 0.15) is 0 Å².